The number of carbonyl (C=O) groups is 1. The van der Waals surface area contributed by atoms with Crippen LogP contribution in [0.5, 0.6) is 0 Å². The molecular formula is C11H13BrN4O3. The van der Waals surface area contributed by atoms with Crippen LogP contribution in [0, 0.1) is 10.1 Å². The minimum atomic E-state index is -0.517. The number of hydrogen-bond donors (Lipinski definition) is 0. The number of alkyl halides is 1. The maximum Gasteiger partial charge on any atom is 0.363 e. The van der Waals surface area contributed by atoms with Gasteiger partial charge in [-0.25, -0.2) is 0 Å². The van der Waals surface area contributed by atoms with E-state index >= 15 is 0 Å². The lowest BCUT2D eigenvalue weighted by molar-refractivity contribution is -0.389. The van der Waals surface area contributed by atoms with Gasteiger partial charge in [0, 0.05) is 32.2 Å². The van der Waals surface area contributed by atoms with E-state index in [2.05, 4.69) is 25.8 Å². The summed E-state index contributed by atoms with van der Waals surface area (Å²) in [6.45, 7) is 2.72. The van der Waals surface area contributed by atoms with Gasteiger partial charge in [0.2, 0.25) is 5.91 Å². The summed E-state index contributed by atoms with van der Waals surface area (Å²) in [6.07, 6.45) is 1.50. The summed E-state index contributed by atoms with van der Waals surface area (Å²) in [4.78, 5) is 29.2. The number of pyridine rings is 1. The lowest BCUT2D eigenvalue weighted by atomic mass is 10.2. The number of hydrogen-bond acceptors (Lipinski definition) is 5. The van der Waals surface area contributed by atoms with Crippen molar-refractivity contribution in [1.29, 1.82) is 0 Å². The Morgan fingerprint density at radius 1 is 1.37 bits per heavy atom. The maximum absolute atomic E-state index is 11.5. The molecule has 1 fully saturated rings. The average Bonchev–Trinajstić information content (AvgIpc) is 2.46. The molecule has 0 aliphatic carbocycles. The van der Waals surface area contributed by atoms with Gasteiger partial charge in [0.15, 0.2) is 6.20 Å². The van der Waals surface area contributed by atoms with Gasteiger partial charge < -0.3 is 19.9 Å². The first-order chi connectivity index (χ1) is 9.11. The number of carbonyl (C=O) groups excluding carboxylic acids is 1. The van der Waals surface area contributed by atoms with E-state index in [1.54, 1.807) is 11.0 Å². The van der Waals surface area contributed by atoms with Crippen molar-refractivity contribution in [2.45, 2.75) is 0 Å². The Morgan fingerprint density at radius 3 is 2.53 bits per heavy atom. The van der Waals surface area contributed by atoms with Crippen molar-refractivity contribution in [2.24, 2.45) is 0 Å². The molecule has 8 heteroatoms. The fraction of sp³-hybridized carbons (Fsp3) is 0.455. The molecule has 0 N–H and O–H groups in total. The minimum Gasteiger partial charge on any atom is -0.365 e. The maximum atomic E-state index is 11.5. The molecule has 1 aromatic heterocycles. The van der Waals surface area contributed by atoms with Gasteiger partial charge in [-0.05, 0) is 16.0 Å². The first-order valence-electron chi connectivity index (χ1n) is 5.81. The van der Waals surface area contributed by atoms with Crippen LogP contribution in [0.15, 0.2) is 18.3 Å². The van der Waals surface area contributed by atoms with Crippen LogP contribution in [0.25, 0.3) is 0 Å². The van der Waals surface area contributed by atoms with Crippen LogP contribution in [0.4, 0.5) is 11.5 Å². The lowest BCUT2D eigenvalue weighted by Crippen LogP contribution is -2.49. The second kappa shape index (κ2) is 5.96. The normalized spacial score (nSPS) is 15.4. The van der Waals surface area contributed by atoms with E-state index in [1.807, 2.05) is 0 Å². The molecule has 0 radical (unpaired) electrons. The van der Waals surface area contributed by atoms with Crippen LogP contribution in [0.3, 0.4) is 0 Å². The third-order valence-corrected chi connectivity index (χ3v) is 3.51. The molecule has 0 saturated carbocycles. The van der Waals surface area contributed by atoms with Crippen molar-refractivity contribution in [1.82, 2.24) is 9.88 Å². The van der Waals surface area contributed by atoms with Crippen molar-refractivity contribution in [3.63, 3.8) is 0 Å². The van der Waals surface area contributed by atoms with Gasteiger partial charge in [0.25, 0.3) is 0 Å². The summed E-state index contributed by atoms with van der Waals surface area (Å²) in [6, 6.07) is 3.08. The highest BCUT2D eigenvalue weighted by Gasteiger charge is 2.21. The zero-order valence-electron chi connectivity index (χ0n) is 10.2. The van der Waals surface area contributed by atoms with Crippen molar-refractivity contribution in [2.75, 3.05) is 36.4 Å². The smallest absolute Gasteiger partial charge is 0.363 e. The highest BCUT2D eigenvalue weighted by Crippen LogP contribution is 2.18. The minimum absolute atomic E-state index is 0.0847. The summed E-state index contributed by atoms with van der Waals surface area (Å²) in [5, 5.41) is 10.9. The Kier molecular flexibility index (Phi) is 4.31. The van der Waals surface area contributed by atoms with E-state index in [1.165, 1.54) is 12.3 Å². The molecular weight excluding hydrogens is 316 g/mol. The average molecular weight is 329 g/mol. The number of anilines is 1. The fourth-order valence-corrected chi connectivity index (χ4v) is 2.33. The van der Waals surface area contributed by atoms with Crippen LogP contribution in [0.1, 0.15) is 0 Å². The molecule has 2 heterocycles. The predicted molar refractivity (Wildman–Crippen MR) is 73.5 cm³/mol. The van der Waals surface area contributed by atoms with E-state index in [4.69, 9.17) is 0 Å². The van der Waals surface area contributed by atoms with Crippen molar-refractivity contribution < 1.29 is 9.72 Å². The van der Waals surface area contributed by atoms with Gasteiger partial charge in [-0.3, -0.25) is 4.79 Å². The van der Waals surface area contributed by atoms with Crippen LogP contribution in [0.2, 0.25) is 0 Å². The number of piperazine rings is 1. The fourth-order valence-electron chi connectivity index (χ4n) is 1.97. The standard InChI is InChI=1S/C11H13BrN4O3/c12-7-11(17)15-5-3-14(4-6-15)9-1-2-10(13-8-9)16(18)19/h1-2,8H,3-7H2. The summed E-state index contributed by atoms with van der Waals surface area (Å²) >= 11 is 3.15. The van der Waals surface area contributed by atoms with Crippen molar-refractivity contribution >= 4 is 33.3 Å². The van der Waals surface area contributed by atoms with Gasteiger partial charge in [-0.2, -0.15) is 0 Å². The third-order valence-electron chi connectivity index (χ3n) is 3.03. The molecule has 7 nitrogen and oxygen atoms in total. The monoisotopic (exact) mass is 328 g/mol. The Balaban J connectivity index is 1.97. The third kappa shape index (κ3) is 3.19. The largest absolute Gasteiger partial charge is 0.365 e. The molecule has 1 aliphatic heterocycles. The molecule has 102 valence electrons. The van der Waals surface area contributed by atoms with E-state index in [-0.39, 0.29) is 11.7 Å². The molecule has 19 heavy (non-hydrogen) atoms. The van der Waals surface area contributed by atoms with Gasteiger partial charge in [0.05, 0.1) is 11.0 Å². The second-order valence-electron chi connectivity index (χ2n) is 4.13. The molecule has 2 rings (SSSR count). The van der Waals surface area contributed by atoms with E-state index in [0.29, 0.717) is 31.5 Å². The molecule has 0 aromatic carbocycles. The number of amides is 1. The van der Waals surface area contributed by atoms with Crippen LogP contribution in [-0.2, 0) is 4.79 Å². The number of aromatic nitrogens is 1. The number of rotatable bonds is 3. The molecule has 0 unspecified atom stereocenters. The molecule has 0 bridgehead atoms. The Bertz CT molecular complexity index is 471. The molecule has 1 aromatic rings. The van der Waals surface area contributed by atoms with Crippen molar-refractivity contribution in [3.05, 3.63) is 28.4 Å². The van der Waals surface area contributed by atoms with E-state index in [9.17, 15) is 14.9 Å². The summed E-state index contributed by atoms with van der Waals surface area (Å²) in [5.74, 6) is -0.0710. The van der Waals surface area contributed by atoms with Gasteiger partial charge in [0.1, 0.15) is 0 Å². The molecule has 0 atom stereocenters. The summed E-state index contributed by atoms with van der Waals surface area (Å²) in [5.41, 5.74) is 0.844. The first kappa shape index (κ1) is 13.7. The lowest BCUT2D eigenvalue weighted by Gasteiger charge is -2.35. The summed E-state index contributed by atoms with van der Waals surface area (Å²) in [7, 11) is 0. The van der Waals surface area contributed by atoms with Gasteiger partial charge >= 0.3 is 5.82 Å². The van der Waals surface area contributed by atoms with E-state index in [0.717, 1.165) is 5.69 Å². The summed E-state index contributed by atoms with van der Waals surface area (Å²) < 4.78 is 0. The number of nitro groups is 1. The topological polar surface area (TPSA) is 79.6 Å². The zero-order chi connectivity index (χ0) is 13.8. The van der Waals surface area contributed by atoms with Crippen LogP contribution >= 0.6 is 15.9 Å². The Labute approximate surface area is 118 Å². The predicted octanol–water partition coefficient (Wildman–Crippen LogP) is 1.03. The number of nitrogens with zero attached hydrogens (tertiary/aromatic N) is 4. The highest BCUT2D eigenvalue weighted by molar-refractivity contribution is 9.09. The van der Waals surface area contributed by atoms with Crippen LogP contribution in [-0.4, -0.2) is 52.2 Å². The molecule has 0 spiro atoms. The SMILES string of the molecule is O=C(CBr)N1CCN(c2ccc([N+](=O)[O-])nc2)CC1. The molecule has 1 saturated heterocycles. The van der Waals surface area contributed by atoms with Gasteiger partial charge in [-0.15, -0.1) is 0 Å². The highest BCUT2D eigenvalue weighted by atomic mass is 79.9. The quantitative estimate of drug-likeness (QED) is 0.470. The van der Waals surface area contributed by atoms with Gasteiger partial charge in [-0.1, -0.05) is 15.9 Å². The van der Waals surface area contributed by atoms with Crippen molar-refractivity contribution in [3.8, 4) is 0 Å². The van der Waals surface area contributed by atoms with E-state index < -0.39 is 4.92 Å². The zero-order valence-corrected chi connectivity index (χ0v) is 11.7. The molecule has 1 amide bonds. The Hall–Kier alpha value is -1.70. The van der Waals surface area contributed by atoms with Crippen LogP contribution < -0.4 is 4.90 Å². The second-order valence-corrected chi connectivity index (χ2v) is 4.69. The number of halogens is 1. The molecule has 1 aliphatic rings. The first-order valence-corrected chi connectivity index (χ1v) is 6.93. The Morgan fingerprint density at radius 2 is 2.05 bits per heavy atom.